The first-order chi connectivity index (χ1) is 8.43. The molecule has 0 aliphatic heterocycles. The summed E-state index contributed by atoms with van der Waals surface area (Å²) in [5.41, 5.74) is 0. The summed E-state index contributed by atoms with van der Waals surface area (Å²) in [4.78, 5) is 10.6. The predicted molar refractivity (Wildman–Crippen MR) is 69.8 cm³/mol. The van der Waals surface area contributed by atoms with E-state index in [0.717, 1.165) is 32.1 Å². The monoisotopic (exact) mass is 277 g/mol. The normalized spacial score (nSPS) is 19.6. The van der Waals surface area contributed by atoms with E-state index in [-0.39, 0.29) is 5.25 Å². The summed E-state index contributed by atoms with van der Waals surface area (Å²) in [5, 5.41) is 8.46. The molecule has 1 atom stereocenters. The van der Waals surface area contributed by atoms with Crippen LogP contribution in [0.4, 0.5) is 0 Å². The first kappa shape index (κ1) is 15.4. The molecule has 0 amide bonds. The number of carboxylic acids is 1. The summed E-state index contributed by atoms with van der Waals surface area (Å²) in [6, 6.07) is 0. The highest BCUT2D eigenvalue weighted by Gasteiger charge is 2.26. The number of nitrogens with one attached hydrogen (secondary N) is 1. The summed E-state index contributed by atoms with van der Waals surface area (Å²) in [5.74, 6) is -1.24. The zero-order chi connectivity index (χ0) is 13.6. The third kappa shape index (κ3) is 4.94. The lowest BCUT2D eigenvalue weighted by Crippen LogP contribution is -2.36. The van der Waals surface area contributed by atoms with Gasteiger partial charge in [-0.05, 0) is 25.7 Å². The average molecular weight is 277 g/mol. The van der Waals surface area contributed by atoms with Crippen molar-refractivity contribution in [2.75, 3.05) is 6.54 Å². The van der Waals surface area contributed by atoms with Crippen molar-refractivity contribution in [2.45, 2.75) is 57.1 Å². The molecule has 0 saturated heterocycles. The second-order valence-electron chi connectivity index (χ2n) is 5.08. The standard InChI is InChI=1S/C12H23NO4S/c1-10(12(14)15)6-5-9-13-18(16,17)11-7-3-2-4-8-11/h10-11,13H,2-9H2,1H3,(H,14,15). The van der Waals surface area contributed by atoms with E-state index in [1.54, 1.807) is 6.92 Å². The summed E-state index contributed by atoms with van der Waals surface area (Å²) in [7, 11) is -3.20. The van der Waals surface area contributed by atoms with Crippen molar-refractivity contribution in [1.82, 2.24) is 4.72 Å². The van der Waals surface area contributed by atoms with Gasteiger partial charge in [0.1, 0.15) is 0 Å². The van der Waals surface area contributed by atoms with Crippen LogP contribution in [0, 0.1) is 5.92 Å². The van der Waals surface area contributed by atoms with Gasteiger partial charge in [-0.25, -0.2) is 13.1 Å². The highest BCUT2D eigenvalue weighted by atomic mass is 32.2. The maximum Gasteiger partial charge on any atom is 0.306 e. The lowest BCUT2D eigenvalue weighted by molar-refractivity contribution is -0.141. The van der Waals surface area contributed by atoms with E-state index in [1.807, 2.05) is 0 Å². The van der Waals surface area contributed by atoms with Crippen molar-refractivity contribution in [3.63, 3.8) is 0 Å². The number of sulfonamides is 1. The fraction of sp³-hybridized carbons (Fsp3) is 0.917. The summed E-state index contributed by atoms with van der Waals surface area (Å²) >= 11 is 0. The van der Waals surface area contributed by atoms with E-state index in [2.05, 4.69) is 4.72 Å². The van der Waals surface area contributed by atoms with Crippen LogP contribution in [0.3, 0.4) is 0 Å². The van der Waals surface area contributed by atoms with Crippen LogP contribution in [-0.2, 0) is 14.8 Å². The van der Waals surface area contributed by atoms with Crippen LogP contribution in [-0.4, -0.2) is 31.3 Å². The van der Waals surface area contributed by atoms with Crippen molar-refractivity contribution in [1.29, 1.82) is 0 Å². The second-order valence-corrected chi connectivity index (χ2v) is 7.13. The van der Waals surface area contributed by atoms with Gasteiger partial charge in [0.05, 0.1) is 11.2 Å². The first-order valence-corrected chi connectivity index (χ1v) is 8.19. The summed E-state index contributed by atoms with van der Waals surface area (Å²) in [6.07, 6.45) is 5.68. The topological polar surface area (TPSA) is 83.5 Å². The lowest BCUT2D eigenvalue weighted by atomic mass is 10.0. The molecule has 6 heteroatoms. The van der Waals surface area contributed by atoms with Gasteiger partial charge in [-0.15, -0.1) is 0 Å². The third-order valence-electron chi connectivity index (χ3n) is 3.53. The number of aliphatic carboxylic acids is 1. The molecule has 1 aliphatic rings. The van der Waals surface area contributed by atoms with Gasteiger partial charge >= 0.3 is 5.97 Å². The molecular formula is C12H23NO4S. The highest BCUT2D eigenvalue weighted by Crippen LogP contribution is 2.22. The van der Waals surface area contributed by atoms with Gasteiger partial charge in [-0.1, -0.05) is 26.2 Å². The highest BCUT2D eigenvalue weighted by molar-refractivity contribution is 7.90. The molecule has 2 N–H and O–H groups in total. The van der Waals surface area contributed by atoms with Crippen LogP contribution in [0.25, 0.3) is 0 Å². The van der Waals surface area contributed by atoms with E-state index in [9.17, 15) is 13.2 Å². The van der Waals surface area contributed by atoms with E-state index < -0.39 is 21.9 Å². The minimum Gasteiger partial charge on any atom is -0.481 e. The molecule has 0 heterocycles. The fourth-order valence-corrected chi connectivity index (χ4v) is 3.86. The van der Waals surface area contributed by atoms with E-state index in [1.165, 1.54) is 0 Å². The molecule has 0 spiro atoms. The van der Waals surface area contributed by atoms with Gasteiger partial charge in [0.2, 0.25) is 10.0 Å². The molecule has 106 valence electrons. The van der Waals surface area contributed by atoms with Gasteiger partial charge < -0.3 is 5.11 Å². The lowest BCUT2D eigenvalue weighted by Gasteiger charge is -2.22. The Balaban J connectivity index is 2.27. The number of rotatable bonds is 7. The Hall–Kier alpha value is -0.620. The zero-order valence-corrected chi connectivity index (χ0v) is 11.7. The van der Waals surface area contributed by atoms with Crippen molar-refractivity contribution in [2.24, 2.45) is 5.92 Å². The van der Waals surface area contributed by atoms with Gasteiger partial charge in [0.25, 0.3) is 0 Å². The zero-order valence-electron chi connectivity index (χ0n) is 10.9. The molecule has 18 heavy (non-hydrogen) atoms. The van der Waals surface area contributed by atoms with Gasteiger partial charge in [0.15, 0.2) is 0 Å². The van der Waals surface area contributed by atoms with Crippen molar-refractivity contribution >= 4 is 16.0 Å². The summed E-state index contributed by atoms with van der Waals surface area (Å²) < 4.78 is 26.5. The number of hydrogen-bond acceptors (Lipinski definition) is 3. The number of carboxylic acid groups (broad SMARTS) is 1. The Labute approximate surface area is 109 Å². The fourth-order valence-electron chi connectivity index (χ4n) is 2.24. The van der Waals surface area contributed by atoms with Gasteiger partial charge in [-0.3, -0.25) is 4.79 Å². The quantitative estimate of drug-likeness (QED) is 0.694. The molecule has 1 unspecified atom stereocenters. The Kier molecular flexibility index (Phi) is 6.08. The van der Waals surface area contributed by atoms with Crippen molar-refractivity contribution in [3.05, 3.63) is 0 Å². The van der Waals surface area contributed by atoms with E-state index in [0.29, 0.717) is 19.4 Å². The van der Waals surface area contributed by atoms with Crippen LogP contribution >= 0.6 is 0 Å². The van der Waals surface area contributed by atoms with Crippen LogP contribution < -0.4 is 4.72 Å². The molecule has 1 saturated carbocycles. The van der Waals surface area contributed by atoms with Crippen LogP contribution in [0.2, 0.25) is 0 Å². The van der Waals surface area contributed by atoms with Gasteiger partial charge in [0, 0.05) is 6.54 Å². The molecule has 1 rings (SSSR count). The predicted octanol–water partition coefficient (Wildman–Crippen LogP) is 1.74. The number of hydrogen-bond donors (Lipinski definition) is 2. The molecule has 0 aromatic carbocycles. The minimum atomic E-state index is -3.20. The maximum atomic E-state index is 11.9. The smallest absolute Gasteiger partial charge is 0.306 e. The Morgan fingerprint density at radius 2 is 1.94 bits per heavy atom. The molecule has 0 radical (unpaired) electrons. The molecule has 0 aromatic heterocycles. The van der Waals surface area contributed by atoms with E-state index in [4.69, 9.17) is 5.11 Å². The van der Waals surface area contributed by atoms with E-state index >= 15 is 0 Å². The first-order valence-electron chi connectivity index (χ1n) is 6.65. The minimum absolute atomic E-state index is 0.247. The SMILES string of the molecule is CC(CCCNS(=O)(=O)C1CCCCC1)C(=O)O. The van der Waals surface area contributed by atoms with Crippen LogP contribution in [0.1, 0.15) is 51.9 Å². The van der Waals surface area contributed by atoms with Crippen molar-refractivity contribution in [3.8, 4) is 0 Å². The number of carbonyl (C=O) groups is 1. The molecule has 1 aliphatic carbocycles. The Morgan fingerprint density at radius 3 is 2.50 bits per heavy atom. The molecule has 0 bridgehead atoms. The average Bonchev–Trinajstić information content (AvgIpc) is 2.35. The van der Waals surface area contributed by atoms with Crippen LogP contribution in [0.5, 0.6) is 0 Å². The molecule has 0 aromatic rings. The largest absolute Gasteiger partial charge is 0.481 e. The maximum absolute atomic E-state index is 11.9. The van der Waals surface area contributed by atoms with Crippen molar-refractivity contribution < 1.29 is 18.3 Å². The Bertz CT molecular complexity index is 360. The molecular weight excluding hydrogens is 254 g/mol. The summed E-state index contributed by atoms with van der Waals surface area (Å²) in [6.45, 7) is 1.98. The molecule has 1 fully saturated rings. The van der Waals surface area contributed by atoms with Gasteiger partial charge in [-0.2, -0.15) is 0 Å². The van der Waals surface area contributed by atoms with Crippen LogP contribution in [0.15, 0.2) is 0 Å². The molecule has 5 nitrogen and oxygen atoms in total. The third-order valence-corrected chi connectivity index (χ3v) is 5.49. The second kappa shape index (κ2) is 7.09. The Morgan fingerprint density at radius 1 is 1.33 bits per heavy atom.